The molecule has 2 heterocycles. The van der Waals surface area contributed by atoms with Gasteiger partial charge in [-0.25, -0.2) is 4.98 Å². The van der Waals surface area contributed by atoms with E-state index in [1.165, 1.54) is 12.0 Å². The number of allylic oxidation sites excluding steroid dienone is 1. The second-order valence-corrected chi connectivity index (χ2v) is 7.53. The maximum Gasteiger partial charge on any atom is 0.299 e. The largest absolute Gasteiger partial charge is 0.497 e. The van der Waals surface area contributed by atoms with Crippen molar-refractivity contribution in [2.45, 2.75) is 19.4 Å². The molecule has 9 nitrogen and oxygen atoms in total. The molecule has 0 radical (unpaired) electrons. The summed E-state index contributed by atoms with van der Waals surface area (Å²) >= 11 is 5.88. The van der Waals surface area contributed by atoms with E-state index in [2.05, 4.69) is 11.1 Å². The molecule has 0 saturated carbocycles. The van der Waals surface area contributed by atoms with Crippen molar-refractivity contribution in [3.63, 3.8) is 0 Å². The van der Waals surface area contributed by atoms with Gasteiger partial charge in [0.25, 0.3) is 5.70 Å². The molecule has 1 atom stereocenters. The summed E-state index contributed by atoms with van der Waals surface area (Å²) in [6.07, 6.45) is 1.63. The third-order valence-corrected chi connectivity index (χ3v) is 5.58. The minimum absolute atomic E-state index is 0.118. The van der Waals surface area contributed by atoms with Crippen molar-refractivity contribution in [1.82, 2.24) is 14.8 Å². The fraction of sp³-hybridized carbons (Fsp3) is 0.273. The molecule has 1 aliphatic heterocycles. The van der Waals surface area contributed by atoms with Crippen LogP contribution >= 0.6 is 11.6 Å². The van der Waals surface area contributed by atoms with Gasteiger partial charge >= 0.3 is 0 Å². The number of methoxy groups -OCH3 is 1. The van der Waals surface area contributed by atoms with Crippen LogP contribution < -0.4 is 10.5 Å². The number of aromatic nitrogens is 1. The zero-order chi connectivity index (χ0) is 23.4. The van der Waals surface area contributed by atoms with Crippen LogP contribution in [0.2, 0.25) is 5.15 Å². The minimum atomic E-state index is -0.926. The van der Waals surface area contributed by atoms with E-state index >= 15 is 0 Å². The van der Waals surface area contributed by atoms with Gasteiger partial charge < -0.3 is 20.3 Å². The Kier molecular flexibility index (Phi) is 6.85. The highest BCUT2D eigenvalue weighted by atomic mass is 35.5. The lowest BCUT2D eigenvalue weighted by molar-refractivity contribution is -0.433. The van der Waals surface area contributed by atoms with Gasteiger partial charge in [-0.3, -0.25) is 10.1 Å². The molecule has 0 fully saturated rings. The minimum Gasteiger partial charge on any atom is -0.497 e. The lowest BCUT2D eigenvalue weighted by atomic mass is 9.86. The molecular weight excluding hydrogens is 432 g/mol. The van der Waals surface area contributed by atoms with Gasteiger partial charge in [-0.05, 0) is 36.2 Å². The summed E-state index contributed by atoms with van der Waals surface area (Å²) in [5.74, 6) is 0.172. The molecule has 1 unspecified atom stereocenters. The number of benzene rings is 1. The summed E-state index contributed by atoms with van der Waals surface area (Å²) in [4.78, 5) is 19.4. The van der Waals surface area contributed by atoms with Crippen molar-refractivity contribution >= 4 is 11.6 Å². The molecule has 2 aromatic rings. The van der Waals surface area contributed by atoms with Crippen molar-refractivity contribution in [1.29, 1.82) is 5.26 Å². The number of nitrogens with two attached hydrogens (primary N) is 1. The molecule has 1 aromatic carbocycles. The number of nitriles is 1. The highest BCUT2D eigenvalue weighted by Gasteiger charge is 2.43. The van der Waals surface area contributed by atoms with Crippen LogP contribution in [0.1, 0.15) is 24.0 Å². The van der Waals surface area contributed by atoms with Crippen molar-refractivity contribution in [2.75, 3.05) is 20.7 Å². The van der Waals surface area contributed by atoms with Crippen molar-refractivity contribution in [3.8, 4) is 11.8 Å². The van der Waals surface area contributed by atoms with Gasteiger partial charge in [-0.15, -0.1) is 0 Å². The monoisotopic (exact) mass is 454 g/mol. The highest BCUT2D eigenvalue weighted by Crippen LogP contribution is 2.41. The summed E-state index contributed by atoms with van der Waals surface area (Å²) in [7, 11) is 3.16. The number of rotatable bonds is 7. The Morgan fingerprint density at radius 2 is 2.03 bits per heavy atom. The van der Waals surface area contributed by atoms with Crippen LogP contribution in [-0.2, 0) is 6.54 Å². The molecule has 1 aromatic heterocycles. The predicted octanol–water partition coefficient (Wildman–Crippen LogP) is 3.43. The maximum atomic E-state index is 12.4. The Bertz CT molecular complexity index is 1110. The first-order chi connectivity index (χ1) is 15.3. The van der Waals surface area contributed by atoms with Gasteiger partial charge in [0, 0.05) is 26.3 Å². The fourth-order valence-corrected chi connectivity index (χ4v) is 3.85. The van der Waals surface area contributed by atoms with Gasteiger partial charge in [-0.2, -0.15) is 5.26 Å². The molecule has 0 saturated heterocycles. The zero-order valence-electron chi connectivity index (χ0n) is 17.9. The Balaban J connectivity index is 2.18. The molecule has 10 heteroatoms. The number of hydrogen-bond acceptors (Lipinski definition) is 8. The van der Waals surface area contributed by atoms with E-state index in [1.807, 2.05) is 17.9 Å². The molecule has 0 amide bonds. The summed E-state index contributed by atoms with van der Waals surface area (Å²) in [5, 5.41) is 22.6. The molecular formula is C22H23ClN6O3. The van der Waals surface area contributed by atoms with Gasteiger partial charge in [-0.1, -0.05) is 29.8 Å². The van der Waals surface area contributed by atoms with E-state index in [0.29, 0.717) is 35.4 Å². The van der Waals surface area contributed by atoms with Crippen LogP contribution in [0.15, 0.2) is 65.5 Å². The van der Waals surface area contributed by atoms with E-state index < -0.39 is 10.8 Å². The molecule has 32 heavy (non-hydrogen) atoms. The lowest BCUT2D eigenvalue weighted by Gasteiger charge is -2.37. The third-order valence-electron chi connectivity index (χ3n) is 5.36. The van der Waals surface area contributed by atoms with E-state index in [4.69, 9.17) is 22.1 Å². The van der Waals surface area contributed by atoms with Crippen LogP contribution in [0.5, 0.6) is 5.75 Å². The lowest BCUT2D eigenvalue weighted by Crippen LogP contribution is -2.42. The second-order valence-electron chi connectivity index (χ2n) is 7.15. The van der Waals surface area contributed by atoms with E-state index in [0.717, 1.165) is 5.56 Å². The number of hydrogen-bond donors (Lipinski definition) is 1. The number of nitro groups is 1. The molecule has 0 aliphatic carbocycles. The number of halogens is 1. The molecule has 0 spiro atoms. The van der Waals surface area contributed by atoms with E-state index in [1.54, 1.807) is 43.6 Å². The molecule has 166 valence electrons. The standard InChI is InChI=1S/C22H23ClN6O3/c1-4-28(13-14-5-10-18(23)26-12-14)22-20(29(30)31)19(17(11-24)21(25)27(22)2)15-6-8-16(32-3)9-7-15/h5-10,12,19H,4,13,25H2,1-3H3. The number of nitrogens with zero attached hydrogens (tertiary/aromatic N) is 5. The Labute approximate surface area is 191 Å². The molecule has 1 aliphatic rings. The average molecular weight is 455 g/mol. The van der Waals surface area contributed by atoms with Crippen LogP contribution in [0, 0.1) is 21.4 Å². The molecule has 3 rings (SSSR count). The van der Waals surface area contributed by atoms with Gasteiger partial charge in [0.15, 0.2) is 5.82 Å². The quantitative estimate of drug-likeness (QED) is 0.383. The van der Waals surface area contributed by atoms with Crippen LogP contribution in [0.4, 0.5) is 0 Å². The van der Waals surface area contributed by atoms with Crippen molar-refractivity contribution in [3.05, 3.63) is 91.9 Å². The first-order valence-corrected chi connectivity index (χ1v) is 10.2. The van der Waals surface area contributed by atoms with Gasteiger partial charge in [0.1, 0.15) is 22.6 Å². The van der Waals surface area contributed by atoms with Crippen LogP contribution in [0.3, 0.4) is 0 Å². The normalized spacial score (nSPS) is 16.1. The fourth-order valence-electron chi connectivity index (χ4n) is 3.74. The summed E-state index contributed by atoms with van der Waals surface area (Å²) in [6.45, 7) is 2.70. The second kappa shape index (κ2) is 9.58. The van der Waals surface area contributed by atoms with Gasteiger partial charge in [0.2, 0.25) is 0 Å². The Morgan fingerprint density at radius 3 is 2.53 bits per heavy atom. The third kappa shape index (κ3) is 4.31. The Morgan fingerprint density at radius 1 is 1.34 bits per heavy atom. The SMILES string of the molecule is CCN(Cc1ccc(Cl)nc1)C1=C([N+](=O)[O-])C(c2ccc(OC)cc2)C(C#N)=C(N)N1C. The van der Waals surface area contributed by atoms with Crippen LogP contribution in [-0.4, -0.2) is 40.4 Å². The van der Waals surface area contributed by atoms with E-state index in [-0.39, 0.29) is 17.1 Å². The molecule has 0 bridgehead atoms. The average Bonchev–Trinajstić information content (AvgIpc) is 2.80. The molecule has 2 N–H and O–H groups in total. The maximum absolute atomic E-state index is 12.4. The summed E-state index contributed by atoms with van der Waals surface area (Å²) in [6, 6.07) is 12.4. The number of ether oxygens (including phenoxy) is 1. The van der Waals surface area contributed by atoms with E-state index in [9.17, 15) is 15.4 Å². The number of pyridine rings is 1. The highest BCUT2D eigenvalue weighted by molar-refractivity contribution is 6.29. The summed E-state index contributed by atoms with van der Waals surface area (Å²) < 4.78 is 5.19. The zero-order valence-corrected chi connectivity index (χ0v) is 18.7. The Hall–Kier alpha value is -3.77. The summed E-state index contributed by atoms with van der Waals surface area (Å²) in [5.41, 5.74) is 7.73. The topological polar surface area (TPSA) is 122 Å². The first-order valence-electron chi connectivity index (χ1n) is 9.83. The smallest absolute Gasteiger partial charge is 0.299 e. The predicted molar refractivity (Wildman–Crippen MR) is 120 cm³/mol. The van der Waals surface area contributed by atoms with Gasteiger partial charge in [0.05, 0.1) is 23.7 Å². The van der Waals surface area contributed by atoms with Crippen LogP contribution in [0.25, 0.3) is 0 Å². The van der Waals surface area contributed by atoms with Crippen molar-refractivity contribution in [2.24, 2.45) is 5.73 Å². The first kappa shape index (κ1) is 22.9. The van der Waals surface area contributed by atoms with Crippen molar-refractivity contribution < 1.29 is 9.66 Å².